The minimum Gasteiger partial charge on any atom is -0.448 e. The highest BCUT2D eigenvalue weighted by molar-refractivity contribution is 7.99. The highest BCUT2D eigenvalue weighted by Crippen LogP contribution is 2.33. The second-order valence-electron chi connectivity index (χ2n) is 4.68. The molecule has 0 saturated heterocycles. The van der Waals surface area contributed by atoms with Crippen LogP contribution in [0.2, 0.25) is 0 Å². The molecule has 0 bridgehead atoms. The van der Waals surface area contributed by atoms with Crippen molar-refractivity contribution < 1.29 is 4.42 Å². The van der Waals surface area contributed by atoms with Gasteiger partial charge in [0.2, 0.25) is 0 Å². The Hall–Kier alpha value is -2.93. The molecule has 7 heteroatoms. The van der Waals surface area contributed by atoms with Crippen LogP contribution in [0.25, 0.3) is 10.9 Å². The molecule has 0 unspecified atom stereocenters. The Morgan fingerprint density at radius 1 is 1.04 bits per heavy atom. The lowest BCUT2D eigenvalue weighted by molar-refractivity contribution is 0.468. The van der Waals surface area contributed by atoms with Crippen molar-refractivity contribution in [2.75, 3.05) is 0 Å². The predicted octanol–water partition coefficient (Wildman–Crippen LogP) is 3.45. The van der Waals surface area contributed by atoms with Gasteiger partial charge >= 0.3 is 0 Å². The van der Waals surface area contributed by atoms with Crippen LogP contribution in [0.5, 0.6) is 0 Å². The summed E-state index contributed by atoms with van der Waals surface area (Å²) in [5.74, 6) is 0.661. The highest BCUT2D eigenvalue weighted by atomic mass is 32.2. The molecule has 3 aromatic heterocycles. The van der Waals surface area contributed by atoms with Crippen LogP contribution in [0.1, 0.15) is 5.76 Å². The Balaban J connectivity index is 1.57. The van der Waals surface area contributed by atoms with E-state index in [9.17, 15) is 0 Å². The van der Waals surface area contributed by atoms with Gasteiger partial charge in [0, 0.05) is 16.5 Å². The van der Waals surface area contributed by atoms with Gasteiger partial charge in [0.1, 0.15) is 18.4 Å². The third-order valence-electron chi connectivity index (χ3n) is 3.13. The molecule has 6 nitrogen and oxygen atoms in total. The maximum absolute atomic E-state index is 5.77. The Bertz CT molecular complexity index is 956. The van der Waals surface area contributed by atoms with Gasteiger partial charge in [-0.2, -0.15) is 5.10 Å². The molecule has 0 saturated carbocycles. The minimum atomic E-state index is 0.661. The molecular weight excluding hydrogens is 310 g/mol. The van der Waals surface area contributed by atoms with Crippen molar-refractivity contribution in [2.24, 2.45) is 5.10 Å². The average molecular weight is 321 g/mol. The van der Waals surface area contributed by atoms with Gasteiger partial charge in [0.05, 0.1) is 11.7 Å². The van der Waals surface area contributed by atoms with Gasteiger partial charge in [-0.15, -0.1) is 10.2 Å². The molecule has 1 aromatic carbocycles. The molecular formula is C16H11N5OS. The van der Waals surface area contributed by atoms with E-state index in [1.165, 1.54) is 29.1 Å². The van der Waals surface area contributed by atoms with Crippen LogP contribution < -0.4 is 0 Å². The molecule has 0 radical (unpaired) electrons. The van der Waals surface area contributed by atoms with Crippen LogP contribution >= 0.6 is 11.8 Å². The van der Waals surface area contributed by atoms with E-state index in [0.717, 1.165) is 20.9 Å². The first-order valence-corrected chi connectivity index (χ1v) is 7.70. The molecule has 0 spiro atoms. The second kappa shape index (κ2) is 6.05. The first-order valence-electron chi connectivity index (χ1n) is 6.89. The van der Waals surface area contributed by atoms with E-state index < -0.39 is 0 Å². The molecule has 0 aliphatic carbocycles. The van der Waals surface area contributed by atoms with E-state index in [4.69, 9.17) is 4.42 Å². The monoisotopic (exact) mass is 321 g/mol. The van der Waals surface area contributed by atoms with Gasteiger partial charge in [-0.25, -0.2) is 4.68 Å². The lowest BCUT2D eigenvalue weighted by Crippen LogP contribution is -1.84. The summed E-state index contributed by atoms with van der Waals surface area (Å²) >= 11 is 1.54. The van der Waals surface area contributed by atoms with Crippen LogP contribution in [0, 0.1) is 0 Å². The van der Waals surface area contributed by atoms with Crippen LogP contribution in [-0.2, 0) is 0 Å². The van der Waals surface area contributed by atoms with Crippen molar-refractivity contribution in [1.82, 2.24) is 19.9 Å². The maximum atomic E-state index is 5.77. The van der Waals surface area contributed by atoms with Gasteiger partial charge < -0.3 is 4.42 Å². The standard InChI is InChI=1S/C16H11N5OS/c1-3-12-4-2-8-17-16(12)14(5-1)23-15-7-6-13(22-15)9-20-21-10-18-19-11-21/h1-11H/b20-9-. The van der Waals surface area contributed by atoms with Crippen LogP contribution in [0.4, 0.5) is 0 Å². The number of aromatic nitrogens is 4. The van der Waals surface area contributed by atoms with E-state index in [-0.39, 0.29) is 0 Å². The van der Waals surface area contributed by atoms with E-state index in [1.807, 2.05) is 42.5 Å². The Morgan fingerprint density at radius 3 is 2.83 bits per heavy atom. The fourth-order valence-corrected chi connectivity index (χ4v) is 3.01. The topological polar surface area (TPSA) is 69.1 Å². The van der Waals surface area contributed by atoms with Gasteiger partial charge in [0.25, 0.3) is 0 Å². The lowest BCUT2D eigenvalue weighted by atomic mass is 10.2. The minimum absolute atomic E-state index is 0.661. The number of rotatable bonds is 4. The normalized spacial score (nSPS) is 11.5. The quantitative estimate of drug-likeness (QED) is 0.538. The van der Waals surface area contributed by atoms with E-state index in [0.29, 0.717) is 5.76 Å². The third kappa shape index (κ3) is 3.00. The van der Waals surface area contributed by atoms with Crippen LogP contribution in [0.15, 0.2) is 80.8 Å². The first-order chi connectivity index (χ1) is 11.4. The first kappa shape index (κ1) is 13.7. The summed E-state index contributed by atoms with van der Waals surface area (Å²) in [7, 11) is 0. The fourth-order valence-electron chi connectivity index (χ4n) is 2.10. The molecule has 0 atom stereocenters. The Labute approximate surface area is 135 Å². The second-order valence-corrected chi connectivity index (χ2v) is 5.72. The van der Waals surface area contributed by atoms with E-state index in [2.05, 4.69) is 20.3 Å². The molecule has 112 valence electrons. The average Bonchev–Trinajstić information content (AvgIpc) is 3.25. The summed E-state index contributed by atoms with van der Waals surface area (Å²) in [6.45, 7) is 0. The molecule has 0 N–H and O–H groups in total. The molecule has 0 amide bonds. The van der Waals surface area contributed by atoms with Gasteiger partial charge in [-0.05, 0) is 36.0 Å². The summed E-state index contributed by atoms with van der Waals surface area (Å²) in [6.07, 6.45) is 6.44. The SMILES string of the molecule is C(=N/n1cnnc1)/c1ccc(Sc2cccc3cccnc23)o1. The Morgan fingerprint density at radius 2 is 1.91 bits per heavy atom. The molecule has 0 aliphatic heterocycles. The molecule has 3 heterocycles. The number of fused-ring (bicyclic) bond motifs is 1. The number of hydrogen-bond acceptors (Lipinski definition) is 6. The molecule has 4 aromatic rings. The molecule has 4 rings (SSSR count). The number of pyridine rings is 1. The van der Waals surface area contributed by atoms with Gasteiger partial charge in [-0.1, -0.05) is 18.2 Å². The number of benzene rings is 1. The molecule has 23 heavy (non-hydrogen) atoms. The maximum Gasteiger partial charge on any atom is 0.165 e. The number of furan rings is 1. The zero-order chi connectivity index (χ0) is 15.5. The van der Waals surface area contributed by atoms with Gasteiger partial charge in [-0.3, -0.25) is 4.98 Å². The summed E-state index contributed by atoms with van der Waals surface area (Å²) in [5.41, 5.74) is 0.969. The van der Waals surface area contributed by atoms with E-state index >= 15 is 0 Å². The largest absolute Gasteiger partial charge is 0.448 e. The number of hydrogen-bond donors (Lipinski definition) is 0. The summed E-state index contributed by atoms with van der Waals surface area (Å²) in [6, 6.07) is 13.9. The lowest BCUT2D eigenvalue weighted by Gasteiger charge is -2.02. The van der Waals surface area contributed by atoms with Crippen molar-refractivity contribution in [2.45, 2.75) is 9.99 Å². The fraction of sp³-hybridized carbons (Fsp3) is 0. The zero-order valence-electron chi connectivity index (χ0n) is 11.9. The number of para-hydroxylation sites is 1. The summed E-state index contributed by atoms with van der Waals surface area (Å²) in [4.78, 5) is 5.50. The van der Waals surface area contributed by atoms with Crippen molar-refractivity contribution in [3.05, 3.63) is 67.1 Å². The van der Waals surface area contributed by atoms with Crippen molar-refractivity contribution in [3.63, 3.8) is 0 Å². The number of nitrogens with zero attached hydrogens (tertiary/aromatic N) is 5. The van der Waals surface area contributed by atoms with Crippen molar-refractivity contribution in [3.8, 4) is 0 Å². The molecule has 0 aliphatic rings. The third-order valence-corrected chi connectivity index (χ3v) is 4.10. The van der Waals surface area contributed by atoms with E-state index in [1.54, 1.807) is 12.4 Å². The highest BCUT2D eigenvalue weighted by Gasteiger charge is 2.07. The smallest absolute Gasteiger partial charge is 0.165 e. The molecule has 0 fully saturated rings. The summed E-state index contributed by atoms with van der Waals surface area (Å²) < 4.78 is 7.27. The Kier molecular flexibility index (Phi) is 3.61. The van der Waals surface area contributed by atoms with Crippen molar-refractivity contribution >= 4 is 28.9 Å². The van der Waals surface area contributed by atoms with Gasteiger partial charge in [0.15, 0.2) is 5.09 Å². The predicted molar refractivity (Wildman–Crippen MR) is 87.6 cm³/mol. The zero-order valence-corrected chi connectivity index (χ0v) is 12.7. The van der Waals surface area contributed by atoms with Crippen LogP contribution in [0.3, 0.4) is 0 Å². The van der Waals surface area contributed by atoms with Crippen molar-refractivity contribution in [1.29, 1.82) is 0 Å². The van der Waals surface area contributed by atoms with Crippen LogP contribution in [-0.4, -0.2) is 26.1 Å². The summed E-state index contributed by atoms with van der Waals surface area (Å²) in [5, 5.41) is 13.4.